The van der Waals surface area contributed by atoms with Gasteiger partial charge in [0.1, 0.15) is 0 Å². The van der Waals surface area contributed by atoms with Crippen molar-refractivity contribution in [2.24, 2.45) is 0 Å². The molecule has 0 bridgehead atoms. The van der Waals surface area contributed by atoms with Crippen molar-refractivity contribution in [2.45, 2.75) is 0 Å². The van der Waals surface area contributed by atoms with Crippen LogP contribution in [0.25, 0.3) is 98.4 Å². The van der Waals surface area contributed by atoms with Crippen LogP contribution in [-0.2, 0) is 0 Å². The summed E-state index contributed by atoms with van der Waals surface area (Å²) in [5.41, 5.74) is 13.0. The van der Waals surface area contributed by atoms with Crippen LogP contribution >= 0.6 is 0 Å². The number of rotatable bonds is 7. The highest BCUT2D eigenvalue weighted by molar-refractivity contribution is 6.26. The van der Waals surface area contributed by atoms with E-state index in [4.69, 9.17) is 0 Å². The molecule has 0 saturated heterocycles. The Hall–Kier alpha value is -8.26. The van der Waals surface area contributed by atoms with Gasteiger partial charge >= 0.3 is 0 Å². The van der Waals surface area contributed by atoms with Crippen LogP contribution in [0.15, 0.2) is 249 Å². The Balaban J connectivity index is 0.934. The Morgan fingerprint density at radius 2 is 0.524 bits per heavy atom. The van der Waals surface area contributed by atoms with Crippen molar-refractivity contribution in [1.29, 1.82) is 0 Å². The predicted molar refractivity (Wildman–Crippen MR) is 270 cm³/mol. The molecular weight excluding hydrogens is 759 g/mol. The molecule has 0 amide bonds. The van der Waals surface area contributed by atoms with Crippen molar-refractivity contribution in [3.63, 3.8) is 0 Å². The zero-order chi connectivity index (χ0) is 41.7. The summed E-state index contributed by atoms with van der Waals surface area (Å²) < 4.78 is 0. The molecule has 0 unspecified atom stereocenters. The highest BCUT2D eigenvalue weighted by Crippen LogP contribution is 2.42. The number of fused-ring (bicyclic) bond motifs is 9. The number of nitrogens with zero attached hydrogens (tertiary/aromatic N) is 1. The van der Waals surface area contributed by atoms with Crippen molar-refractivity contribution in [3.05, 3.63) is 249 Å². The average Bonchev–Trinajstić information content (AvgIpc) is 3.37. The summed E-state index contributed by atoms with van der Waals surface area (Å²) >= 11 is 0. The molecule has 0 fully saturated rings. The average molecular weight is 800 g/mol. The summed E-state index contributed by atoms with van der Waals surface area (Å²) in [5, 5.41) is 12.7. The second-order valence-corrected chi connectivity index (χ2v) is 16.5. The van der Waals surface area contributed by atoms with Crippen molar-refractivity contribution in [3.8, 4) is 44.5 Å². The smallest absolute Gasteiger partial charge is 0.0462 e. The number of benzene rings is 12. The van der Waals surface area contributed by atoms with Crippen molar-refractivity contribution in [1.82, 2.24) is 0 Å². The molecule has 0 atom stereocenters. The van der Waals surface area contributed by atoms with Crippen LogP contribution in [0.4, 0.5) is 17.1 Å². The van der Waals surface area contributed by atoms with E-state index in [0.29, 0.717) is 0 Å². The molecule has 12 aromatic carbocycles. The lowest BCUT2D eigenvalue weighted by molar-refractivity contribution is 1.28. The molecule has 0 saturated carbocycles. The zero-order valence-electron chi connectivity index (χ0n) is 34.6. The Bertz CT molecular complexity index is 3520. The molecule has 0 spiro atoms. The number of hydrogen-bond donors (Lipinski definition) is 0. The summed E-state index contributed by atoms with van der Waals surface area (Å²) in [6.07, 6.45) is 0. The lowest BCUT2D eigenvalue weighted by Crippen LogP contribution is -2.09. The van der Waals surface area contributed by atoms with E-state index in [-0.39, 0.29) is 0 Å². The third-order valence-electron chi connectivity index (χ3n) is 12.8. The molecule has 0 heterocycles. The highest BCUT2D eigenvalue weighted by Gasteiger charge is 2.16. The predicted octanol–water partition coefficient (Wildman–Crippen LogP) is 17.6. The van der Waals surface area contributed by atoms with Crippen molar-refractivity contribution < 1.29 is 0 Å². The van der Waals surface area contributed by atoms with Crippen LogP contribution in [0.1, 0.15) is 0 Å². The van der Waals surface area contributed by atoms with E-state index in [1.54, 1.807) is 0 Å². The lowest BCUT2D eigenvalue weighted by atomic mass is 9.88. The molecule has 294 valence electrons. The molecule has 1 nitrogen and oxygen atoms in total. The second kappa shape index (κ2) is 15.3. The molecule has 0 aromatic heterocycles. The maximum Gasteiger partial charge on any atom is 0.0462 e. The molecule has 0 radical (unpaired) electrons. The van der Waals surface area contributed by atoms with Crippen LogP contribution in [0.5, 0.6) is 0 Å². The topological polar surface area (TPSA) is 3.24 Å². The highest BCUT2D eigenvalue weighted by atomic mass is 15.1. The number of hydrogen-bond acceptors (Lipinski definition) is 1. The molecule has 0 aliphatic carbocycles. The molecule has 0 N–H and O–H groups in total. The fraction of sp³-hybridized carbons (Fsp3) is 0. The van der Waals surface area contributed by atoms with Crippen LogP contribution in [0.2, 0.25) is 0 Å². The first-order valence-electron chi connectivity index (χ1n) is 21.7. The summed E-state index contributed by atoms with van der Waals surface area (Å²) in [6, 6.07) is 90.9. The molecule has 1 heteroatoms. The van der Waals surface area contributed by atoms with E-state index < -0.39 is 0 Å². The normalized spacial score (nSPS) is 11.5. The minimum absolute atomic E-state index is 1.10. The van der Waals surface area contributed by atoms with Gasteiger partial charge in [0.05, 0.1) is 0 Å². The van der Waals surface area contributed by atoms with Crippen LogP contribution in [-0.4, -0.2) is 0 Å². The van der Waals surface area contributed by atoms with Gasteiger partial charge in [-0.2, -0.15) is 0 Å². The quantitative estimate of drug-likeness (QED) is 0.145. The van der Waals surface area contributed by atoms with E-state index >= 15 is 0 Å². The minimum atomic E-state index is 1.10. The molecule has 12 aromatic rings. The minimum Gasteiger partial charge on any atom is -0.311 e. The summed E-state index contributed by atoms with van der Waals surface area (Å²) in [5.74, 6) is 0. The van der Waals surface area contributed by atoms with E-state index in [9.17, 15) is 0 Å². The molecule has 63 heavy (non-hydrogen) atoms. The third kappa shape index (κ3) is 6.50. The molecule has 0 aliphatic heterocycles. The molecule has 12 rings (SSSR count). The monoisotopic (exact) mass is 799 g/mol. The van der Waals surface area contributed by atoms with Gasteiger partial charge in [-0.25, -0.2) is 0 Å². The lowest BCUT2D eigenvalue weighted by Gasteiger charge is -2.26. The van der Waals surface area contributed by atoms with Gasteiger partial charge in [0.25, 0.3) is 0 Å². The van der Waals surface area contributed by atoms with Gasteiger partial charge in [0.2, 0.25) is 0 Å². The van der Waals surface area contributed by atoms with Crippen molar-refractivity contribution in [2.75, 3.05) is 4.90 Å². The summed E-state index contributed by atoms with van der Waals surface area (Å²) in [7, 11) is 0. The standard InChI is InChI=1S/C62H41N/c1-3-13-42(14-4-1)44-23-31-50(32-24-44)63(51-33-25-45(26-34-51)43-15-5-2-6-16-43)52-35-27-46(28-36-52)47-29-37-58-59-38-30-49(41-62(59)57-22-12-11-21-56(57)61(58)39-47)60-40-48-17-7-8-18-53(48)54-19-9-10-20-55(54)60/h1-41H. The molecular formula is C62H41N. The fourth-order valence-electron chi connectivity index (χ4n) is 9.71. The maximum absolute atomic E-state index is 2.41. The van der Waals surface area contributed by atoms with E-state index in [1.165, 1.54) is 98.4 Å². The Labute approximate surface area is 367 Å². The maximum atomic E-state index is 2.41. The van der Waals surface area contributed by atoms with Crippen LogP contribution < -0.4 is 4.90 Å². The van der Waals surface area contributed by atoms with Gasteiger partial charge in [0.15, 0.2) is 0 Å². The van der Waals surface area contributed by atoms with E-state index in [0.717, 1.165) is 17.1 Å². The van der Waals surface area contributed by atoms with Gasteiger partial charge in [-0.1, -0.05) is 194 Å². The van der Waals surface area contributed by atoms with E-state index in [2.05, 4.69) is 254 Å². The van der Waals surface area contributed by atoms with Crippen LogP contribution in [0.3, 0.4) is 0 Å². The van der Waals surface area contributed by atoms with E-state index in [1.807, 2.05) is 0 Å². The van der Waals surface area contributed by atoms with Gasteiger partial charge in [-0.05, 0) is 153 Å². The summed E-state index contributed by atoms with van der Waals surface area (Å²) in [6.45, 7) is 0. The Morgan fingerprint density at radius 3 is 1.03 bits per heavy atom. The number of anilines is 3. The first-order valence-corrected chi connectivity index (χ1v) is 21.7. The molecule has 0 aliphatic rings. The first-order chi connectivity index (χ1) is 31.2. The second-order valence-electron chi connectivity index (χ2n) is 16.5. The van der Waals surface area contributed by atoms with Gasteiger partial charge in [-0.3, -0.25) is 0 Å². The zero-order valence-corrected chi connectivity index (χ0v) is 34.6. The summed E-state index contributed by atoms with van der Waals surface area (Å²) in [4.78, 5) is 2.35. The Kier molecular flexibility index (Phi) is 8.90. The van der Waals surface area contributed by atoms with Gasteiger partial charge in [0, 0.05) is 17.1 Å². The fourth-order valence-corrected chi connectivity index (χ4v) is 9.71. The third-order valence-corrected chi connectivity index (χ3v) is 12.8. The Morgan fingerprint density at radius 1 is 0.190 bits per heavy atom. The van der Waals surface area contributed by atoms with Gasteiger partial charge < -0.3 is 4.90 Å². The van der Waals surface area contributed by atoms with Crippen molar-refractivity contribution >= 4 is 70.9 Å². The van der Waals surface area contributed by atoms with Gasteiger partial charge in [-0.15, -0.1) is 0 Å². The first kappa shape index (κ1) is 36.6. The largest absolute Gasteiger partial charge is 0.311 e. The SMILES string of the molecule is c1ccc(-c2ccc(N(c3ccc(-c4ccccc4)cc3)c3ccc(-c4ccc5c6ccc(-c7cc8ccccc8c8ccccc78)cc6c6ccccc6c5c4)cc3)cc2)cc1. The van der Waals surface area contributed by atoms with Crippen LogP contribution in [0, 0.1) is 0 Å².